The van der Waals surface area contributed by atoms with Crippen LogP contribution in [0.4, 0.5) is 18.0 Å². The highest BCUT2D eigenvalue weighted by molar-refractivity contribution is 6.67. The summed E-state index contributed by atoms with van der Waals surface area (Å²) in [7, 11) is 0. The molecule has 1 amide bonds. The minimum atomic E-state index is -4.88. The zero-order valence-electron chi connectivity index (χ0n) is 4.31. The van der Waals surface area contributed by atoms with Crippen LogP contribution in [-0.4, -0.2) is 22.5 Å². The standard InChI is InChI=1S/C3HClF3NO2/c4-1(3(5,6)7)8-2(9)10/h(H,9,10). The second-order valence-electron chi connectivity index (χ2n) is 1.18. The summed E-state index contributed by atoms with van der Waals surface area (Å²) in [4.78, 5) is 11.5. The van der Waals surface area contributed by atoms with Gasteiger partial charge in [-0.1, -0.05) is 11.6 Å². The van der Waals surface area contributed by atoms with Crippen molar-refractivity contribution >= 4 is 22.9 Å². The van der Waals surface area contributed by atoms with E-state index in [1.165, 1.54) is 0 Å². The molecule has 58 valence electrons. The fraction of sp³-hybridized carbons (Fsp3) is 0.333. The van der Waals surface area contributed by atoms with E-state index < -0.39 is 17.4 Å². The van der Waals surface area contributed by atoms with Crippen molar-refractivity contribution in [1.82, 2.24) is 0 Å². The van der Waals surface area contributed by atoms with Crippen molar-refractivity contribution in [3.63, 3.8) is 0 Å². The molecule has 0 aliphatic heterocycles. The number of hydrogen-bond donors (Lipinski definition) is 1. The summed E-state index contributed by atoms with van der Waals surface area (Å²) < 4.78 is 33.9. The Morgan fingerprint density at radius 1 is 1.50 bits per heavy atom. The van der Waals surface area contributed by atoms with Crippen molar-refractivity contribution in [1.29, 1.82) is 0 Å². The third kappa shape index (κ3) is 3.29. The number of amides is 1. The second-order valence-corrected chi connectivity index (χ2v) is 1.54. The highest BCUT2D eigenvalue weighted by Crippen LogP contribution is 2.19. The van der Waals surface area contributed by atoms with Gasteiger partial charge in [-0.25, -0.2) is 4.79 Å². The maximum atomic E-state index is 11.3. The molecule has 0 radical (unpaired) electrons. The smallest absolute Gasteiger partial charge is 0.444 e. The lowest BCUT2D eigenvalue weighted by molar-refractivity contribution is -0.0560. The van der Waals surface area contributed by atoms with E-state index in [9.17, 15) is 18.0 Å². The van der Waals surface area contributed by atoms with Crippen LogP contribution in [0, 0.1) is 0 Å². The summed E-state index contributed by atoms with van der Waals surface area (Å²) in [5.41, 5.74) is 0. The first kappa shape index (κ1) is 9.22. The Bertz CT molecular complexity index is 175. The summed E-state index contributed by atoms with van der Waals surface area (Å²) in [6.07, 6.45) is -6.85. The van der Waals surface area contributed by atoms with E-state index in [1.54, 1.807) is 0 Å². The van der Waals surface area contributed by atoms with E-state index in [4.69, 9.17) is 5.11 Å². The Balaban J connectivity index is 4.35. The van der Waals surface area contributed by atoms with Crippen molar-refractivity contribution in [2.24, 2.45) is 4.99 Å². The van der Waals surface area contributed by atoms with Crippen LogP contribution in [0.3, 0.4) is 0 Å². The molecule has 0 rings (SSSR count). The number of aliphatic imine (C=N–C) groups is 1. The molecule has 0 aliphatic rings. The van der Waals surface area contributed by atoms with E-state index in [1.807, 2.05) is 4.99 Å². The molecule has 0 atom stereocenters. The first-order valence-corrected chi connectivity index (χ1v) is 2.26. The molecular weight excluding hydrogens is 174 g/mol. The molecule has 0 aromatic carbocycles. The number of carbonyl (C=O) groups is 1. The molecule has 10 heavy (non-hydrogen) atoms. The summed E-state index contributed by atoms with van der Waals surface area (Å²) in [6.45, 7) is 0. The molecule has 0 bridgehead atoms. The molecule has 3 nitrogen and oxygen atoms in total. The van der Waals surface area contributed by atoms with Crippen molar-refractivity contribution < 1.29 is 23.1 Å². The molecule has 0 aromatic heterocycles. The molecule has 0 fully saturated rings. The van der Waals surface area contributed by atoms with Gasteiger partial charge in [0.05, 0.1) is 0 Å². The molecule has 0 aliphatic carbocycles. The van der Waals surface area contributed by atoms with Gasteiger partial charge < -0.3 is 5.11 Å². The molecule has 1 N–H and O–H groups in total. The van der Waals surface area contributed by atoms with Crippen LogP contribution in [0.1, 0.15) is 0 Å². The van der Waals surface area contributed by atoms with Gasteiger partial charge in [0, 0.05) is 0 Å². The van der Waals surface area contributed by atoms with Crippen LogP contribution in [0.25, 0.3) is 0 Å². The first-order valence-electron chi connectivity index (χ1n) is 1.88. The zero-order valence-corrected chi connectivity index (χ0v) is 5.07. The van der Waals surface area contributed by atoms with Gasteiger partial charge in [0.1, 0.15) is 0 Å². The normalized spacial score (nSPS) is 13.4. The van der Waals surface area contributed by atoms with E-state index in [-0.39, 0.29) is 0 Å². The molecule has 0 heterocycles. The van der Waals surface area contributed by atoms with E-state index in [2.05, 4.69) is 11.6 Å². The van der Waals surface area contributed by atoms with Crippen LogP contribution in [0.15, 0.2) is 4.99 Å². The van der Waals surface area contributed by atoms with Crippen molar-refractivity contribution in [2.45, 2.75) is 6.18 Å². The molecule has 0 aromatic rings. The lowest BCUT2D eigenvalue weighted by atomic mass is 10.7. The van der Waals surface area contributed by atoms with Gasteiger partial charge >= 0.3 is 12.3 Å². The van der Waals surface area contributed by atoms with Gasteiger partial charge in [0.2, 0.25) is 5.17 Å². The second kappa shape index (κ2) is 2.87. The average Bonchev–Trinajstić information content (AvgIpc) is 1.60. The minimum absolute atomic E-state index is 1.89. The maximum Gasteiger partial charge on any atom is 0.444 e. The molecule has 0 saturated carbocycles. The van der Waals surface area contributed by atoms with E-state index in [0.29, 0.717) is 0 Å². The topological polar surface area (TPSA) is 49.7 Å². The number of alkyl halides is 3. The monoisotopic (exact) mass is 175 g/mol. The van der Waals surface area contributed by atoms with Gasteiger partial charge in [0.15, 0.2) is 0 Å². The number of halogens is 4. The van der Waals surface area contributed by atoms with E-state index in [0.717, 1.165) is 0 Å². The lowest BCUT2D eigenvalue weighted by Gasteiger charge is -1.99. The molecule has 0 spiro atoms. The van der Waals surface area contributed by atoms with Crippen molar-refractivity contribution in [3.05, 3.63) is 0 Å². The molecule has 0 saturated heterocycles. The third-order valence-corrected chi connectivity index (χ3v) is 0.727. The summed E-state index contributed by atoms with van der Waals surface area (Å²) in [5.74, 6) is 0. The van der Waals surface area contributed by atoms with Crippen molar-refractivity contribution in [2.75, 3.05) is 0 Å². The minimum Gasteiger partial charge on any atom is -0.463 e. The fourth-order valence-corrected chi connectivity index (χ4v) is 0.220. The number of nitrogens with zero attached hydrogens (tertiary/aromatic N) is 1. The third-order valence-electron chi connectivity index (χ3n) is 0.428. The van der Waals surface area contributed by atoms with Gasteiger partial charge in [-0.15, -0.1) is 0 Å². The van der Waals surface area contributed by atoms with Crippen molar-refractivity contribution in [3.8, 4) is 0 Å². The predicted octanol–water partition coefficient (Wildman–Crippen LogP) is 1.86. The fourth-order valence-electron chi connectivity index (χ4n) is 0.147. The number of rotatable bonds is 0. The number of carboxylic acid groups (broad SMARTS) is 1. The Hall–Kier alpha value is -0.780. The Morgan fingerprint density at radius 2 is 1.90 bits per heavy atom. The first-order chi connectivity index (χ1) is 4.34. The predicted molar refractivity (Wildman–Crippen MR) is 27.4 cm³/mol. The molecule has 7 heteroatoms. The highest BCUT2D eigenvalue weighted by Gasteiger charge is 2.35. The summed E-state index contributed by atoms with van der Waals surface area (Å²) in [5, 5.41) is 5.79. The highest BCUT2D eigenvalue weighted by atomic mass is 35.5. The number of hydrogen-bond acceptors (Lipinski definition) is 1. The Labute approximate surface area is 58.1 Å². The summed E-state index contributed by atoms with van der Waals surface area (Å²) >= 11 is 4.40. The molecular formula is C3HClF3NO2. The maximum absolute atomic E-state index is 11.3. The Morgan fingerprint density at radius 3 is 2.00 bits per heavy atom. The quantitative estimate of drug-likeness (QED) is 0.572. The van der Waals surface area contributed by atoms with E-state index >= 15 is 0 Å². The Kier molecular flexibility index (Phi) is 2.65. The van der Waals surface area contributed by atoms with Crippen LogP contribution >= 0.6 is 11.6 Å². The van der Waals surface area contributed by atoms with Crippen LogP contribution in [0.2, 0.25) is 0 Å². The summed E-state index contributed by atoms with van der Waals surface area (Å²) in [6, 6.07) is 0. The lowest BCUT2D eigenvalue weighted by Crippen LogP contribution is -2.18. The van der Waals surface area contributed by atoms with Crippen LogP contribution in [-0.2, 0) is 0 Å². The van der Waals surface area contributed by atoms with Gasteiger partial charge in [-0.3, -0.25) is 0 Å². The SMILES string of the molecule is O=C(O)N=C(Cl)C(F)(F)F. The van der Waals surface area contributed by atoms with Crippen LogP contribution in [0.5, 0.6) is 0 Å². The zero-order chi connectivity index (χ0) is 8.36. The molecule has 0 unspecified atom stereocenters. The van der Waals surface area contributed by atoms with Crippen LogP contribution < -0.4 is 0 Å². The van der Waals surface area contributed by atoms with Gasteiger partial charge in [-0.05, 0) is 0 Å². The van der Waals surface area contributed by atoms with Gasteiger partial charge in [-0.2, -0.15) is 18.2 Å². The average molecular weight is 175 g/mol. The van der Waals surface area contributed by atoms with Gasteiger partial charge in [0.25, 0.3) is 0 Å². The largest absolute Gasteiger partial charge is 0.463 e.